The molecule has 0 N–H and O–H groups in total. The van der Waals surface area contributed by atoms with Crippen molar-refractivity contribution < 1.29 is 13.2 Å². The predicted molar refractivity (Wildman–Crippen MR) is 128 cm³/mol. The highest BCUT2D eigenvalue weighted by molar-refractivity contribution is 6.09. The molecule has 33 heavy (non-hydrogen) atoms. The van der Waals surface area contributed by atoms with Crippen LogP contribution in [-0.4, -0.2) is 23.6 Å². The van der Waals surface area contributed by atoms with Crippen LogP contribution in [-0.2, 0) is 6.18 Å². The summed E-state index contributed by atoms with van der Waals surface area (Å²) < 4.78 is 45.2. The summed E-state index contributed by atoms with van der Waals surface area (Å²) in [6.45, 7) is 1.68. The molecule has 2 heterocycles. The van der Waals surface area contributed by atoms with Crippen LogP contribution in [0.3, 0.4) is 0 Å². The van der Waals surface area contributed by atoms with Crippen molar-refractivity contribution in [2.45, 2.75) is 13.1 Å². The summed E-state index contributed by atoms with van der Waals surface area (Å²) in [5.41, 5.74) is 3.18. The van der Waals surface area contributed by atoms with Crippen molar-refractivity contribution in [3.05, 3.63) is 90.1 Å². The quantitative estimate of drug-likeness (QED) is 0.292. The first-order valence-corrected chi connectivity index (χ1v) is 10.6. The summed E-state index contributed by atoms with van der Waals surface area (Å²) in [7, 11) is 3.79. The number of nitrogens with zero attached hydrogens (tertiary/aromatic N) is 3. The lowest BCUT2D eigenvalue weighted by atomic mass is 9.99. The van der Waals surface area contributed by atoms with Gasteiger partial charge in [0.1, 0.15) is 0 Å². The number of benzene rings is 3. The van der Waals surface area contributed by atoms with Gasteiger partial charge in [-0.2, -0.15) is 13.2 Å². The Morgan fingerprint density at radius 2 is 1.42 bits per heavy atom. The standard InChI is InChI=1S/C27H22F3N3/c1-17-14-21(23-16-18(32(2)3)12-13-31-23)26(22(15-17)27(28,29)30)33-24-10-6-4-8-19(24)20-9-5-7-11-25(20)33/h4-16H,1-3H3. The van der Waals surface area contributed by atoms with Crippen molar-refractivity contribution in [2.24, 2.45) is 0 Å². The van der Waals surface area contributed by atoms with Crippen LogP contribution in [0.4, 0.5) is 18.9 Å². The van der Waals surface area contributed by atoms with Gasteiger partial charge < -0.3 is 9.47 Å². The van der Waals surface area contributed by atoms with Crippen molar-refractivity contribution in [2.75, 3.05) is 19.0 Å². The Morgan fingerprint density at radius 1 is 0.818 bits per heavy atom. The molecule has 5 aromatic rings. The number of rotatable bonds is 3. The van der Waals surface area contributed by atoms with Gasteiger partial charge in [-0.3, -0.25) is 4.98 Å². The van der Waals surface area contributed by atoms with Crippen LogP contribution in [0, 0.1) is 6.92 Å². The molecule has 0 aliphatic rings. The Balaban J connectivity index is 1.97. The highest BCUT2D eigenvalue weighted by Crippen LogP contribution is 2.43. The lowest BCUT2D eigenvalue weighted by Crippen LogP contribution is -2.13. The molecule has 0 unspecified atom stereocenters. The summed E-state index contributed by atoms with van der Waals surface area (Å²) >= 11 is 0. The molecule has 0 bridgehead atoms. The van der Waals surface area contributed by atoms with E-state index in [1.54, 1.807) is 23.8 Å². The van der Waals surface area contributed by atoms with Gasteiger partial charge in [-0.1, -0.05) is 36.4 Å². The van der Waals surface area contributed by atoms with Gasteiger partial charge in [0.25, 0.3) is 0 Å². The first kappa shape index (κ1) is 21.1. The van der Waals surface area contributed by atoms with E-state index in [9.17, 15) is 13.2 Å². The van der Waals surface area contributed by atoms with E-state index in [2.05, 4.69) is 4.98 Å². The maximum atomic E-state index is 14.5. The number of hydrogen-bond donors (Lipinski definition) is 0. The molecule has 0 spiro atoms. The topological polar surface area (TPSA) is 21.1 Å². The molecule has 6 heteroatoms. The highest BCUT2D eigenvalue weighted by atomic mass is 19.4. The molecule has 2 aromatic heterocycles. The van der Waals surface area contributed by atoms with Gasteiger partial charge in [0, 0.05) is 42.3 Å². The molecule has 0 saturated carbocycles. The minimum atomic E-state index is -4.54. The first-order chi connectivity index (χ1) is 15.8. The van der Waals surface area contributed by atoms with Crippen LogP contribution >= 0.6 is 0 Å². The Kier molecular flexibility index (Phi) is 4.89. The average Bonchev–Trinajstić information content (AvgIpc) is 3.12. The van der Waals surface area contributed by atoms with E-state index >= 15 is 0 Å². The van der Waals surface area contributed by atoms with Crippen LogP contribution in [0.1, 0.15) is 11.1 Å². The Bertz CT molecular complexity index is 1440. The molecule has 0 aliphatic heterocycles. The third-order valence-electron chi connectivity index (χ3n) is 5.90. The van der Waals surface area contributed by atoms with E-state index in [-0.39, 0.29) is 5.69 Å². The molecule has 0 atom stereocenters. The third kappa shape index (κ3) is 3.52. The maximum absolute atomic E-state index is 14.5. The maximum Gasteiger partial charge on any atom is 0.418 e. The van der Waals surface area contributed by atoms with Crippen molar-refractivity contribution >= 4 is 27.5 Å². The minimum absolute atomic E-state index is 0.0916. The number of halogens is 3. The van der Waals surface area contributed by atoms with Gasteiger partial charge in [0.05, 0.1) is 28.0 Å². The van der Waals surface area contributed by atoms with Crippen LogP contribution in [0.25, 0.3) is 38.8 Å². The number of alkyl halides is 3. The summed E-state index contributed by atoms with van der Waals surface area (Å²) in [5, 5.41) is 1.81. The van der Waals surface area contributed by atoms with Crippen LogP contribution < -0.4 is 4.90 Å². The molecule has 166 valence electrons. The molecular weight excluding hydrogens is 423 g/mol. The van der Waals surface area contributed by atoms with Crippen LogP contribution in [0.2, 0.25) is 0 Å². The molecule has 0 fully saturated rings. The molecule has 3 aromatic carbocycles. The van der Waals surface area contributed by atoms with E-state index in [1.807, 2.05) is 79.7 Å². The van der Waals surface area contributed by atoms with E-state index < -0.39 is 11.7 Å². The van der Waals surface area contributed by atoms with Crippen molar-refractivity contribution in [1.82, 2.24) is 9.55 Å². The molecule has 3 nitrogen and oxygen atoms in total. The van der Waals surface area contributed by atoms with E-state index in [0.717, 1.165) is 27.5 Å². The number of pyridine rings is 1. The fraction of sp³-hybridized carbons (Fsp3) is 0.148. The molecule has 5 rings (SSSR count). The Labute approximate surface area is 189 Å². The number of para-hydroxylation sites is 2. The fourth-order valence-corrected chi connectivity index (χ4v) is 4.44. The van der Waals surface area contributed by atoms with Gasteiger partial charge in [0.15, 0.2) is 0 Å². The van der Waals surface area contributed by atoms with Crippen molar-refractivity contribution in [3.63, 3.8) is 0 Å². The van der Waals surface area contributed by atoms with Crippen LogP contribution in [0.5, 0.6) is 0 Å². The second-order valence-electron chi connectivity index (χ2n) is 8.37. The zero-order chi connectivity index (χ0) is 23.3. The molecule has 0 aliphatic carbocycles. The number of hydrogen-bond acceptors (Lipinski definition) is 2. The SMILES string of the molecule is Cc1cc(-c2cc(N(C)C)ccn2)c(-n2c3ccccc3c3ccccc32)c(C(F)(F)F)c1. The molecular formula is C27H22F3N3. The van der Waals surface area contributed by atoms with Crippen molar-refractivity contribution in [1.29, 1.82) is 0 Å². The Morgan fingerprint density at radius 3 is 2.00 bits per heavy atom. The first-order valence-electron chi connectivity index (χ1n) is 10.6. The van der Waals surface area contributed by atoms with E-state index in [0.29, 0.717) is 16.8 Å². The van der Waals surface area contributed by atoms with Crippen molar-refractivity contribution in [3.8, 4) is 16.9 Å². The molecule has 0 saturated heterocycles. The smallest absolute Gasteiger partial charge is 0.378 e. The number of fused-ring (bicyclic) bond motifs is 3. The summed E-state index contributed by atoms with van der Waals surface area (Å²) in [5.74, 6) is 0. The summed E-state index contributed by atoms with van der Waals surface area (Å²) in [6.07, 6.45) is -2.91. The largest absolute Gasteiger partial charge is 0.418 e. The van der Waals surface area contributed by atoms with Gasteiger partial charge in [-0.05, 0) is 48.9 Å². The van der Waals surface area contributed by atoms with Gasteiger partial charge >= 0.3 is 6.18 Å². The van der Waals surface area contributed by atoms with E-state index in [1.165, 1.54) is 6.07 Å². The lowest BCUT2D eigenvalue weighted by molar-refractivity contribution is -0.137. The van der Waals surface area contributed by atoms with E-state index in [4.69, 9.17) is 0 Å². The fourth-order valence-electron chi connectivity index (χ4n) is 4.44. The van der Waals surface area contributed by atoms with Crippen LogP contribution in [0.15, 0.2) is 79.0 Å². The zero-order valence-electron chi connectivity index (χ0n) is 18.5. The number of anilines is 1. The zero-order valence-corrected chi connectivity index (χ0v) is 18.5. The highest BCUT2D eigenvalue weighted by Gasteiger charge is 2.36. The monoisotopic (exact) mass is 445 g/mol. The second-order valence-corrected chi connectivity index (χ2v) is 8.37. The summed E-state index contributed by atoms with van der Waals surface area (Å²) in [4.78, 5) is 6.39. The average molecular weight is 445 g/mol. The lowest BCUT2D eigenvalue weighted by Gasteiger charge is -2.21. The van der Waals surface area contributed by atoms with Gasteiger partial charge in [-0.25, -0.2) is 0 Å². The minimum Gasteiger partial charge on any atom is -0.378 e. The van der Waals surface area contributed by atoms with Gasteiger partial charge in [0.2, 0.25) is 0 Å². The number of aromatic nitrogens is 2. The second kappa shape index (κ2) is 7.66. The number of aryl methyl sites for hydroxylation is 1. The molecule has 0 amide bonds. The predicted octanol–water partition coefficient (Wildman–Crippen LogP) is 7.24. The third-order valence-corrected chi connectivity index (χ3v) is 5.90. The summed E-state index contributed by atoms with van der Waals surface area (Å²) in [6, 6.07) is 21.8. The van der Waals surface area contributed by atoms with Gasteiger partial charge in [-0.15, -0.1) is 0 Å². The normalized spacial score (nSPS) is 11.9. The molecule has 0 radical (unpaired) electrons. The Hall–Kier alpha value is -3.80.